The lowest BCUT2D eigenvalue weighted by Gasteiger charge is -2.24. The zero-order valence-electron chi connectivity index (χ0n) is 20.7. The van der Waals surface area contributed by atoms with Gasteiger partial charge in [-0.05, 0) is 48.4 Å². The number of hydrogen-bond donors (Lipinski definition) is 2. The molecule has 3 aromatic carbocycles. The monoisotopic (exact) mass is 535 g/mol. The predicted molar refractivity (Wildman–Crippen MR) is 136 cm³/mol. The molecule has 5 rings (SSSR count). The van der Waals surface area contributed by atoms with E-state index in [1.807, 2.05) is 0 Å². The molecular formula is C28H23F2N3O6. The third-order valence-corrected chi connectivity index (χ3v) is 6.40. The number of carbonyl (C=O) groups excluding carboxylic acids is 2. The summed E-state index contributed by atoms with van der Waals surface area (Å²) in [7, 11) is 0. The fourth-order valence-corrected chi connectivity index (χ4v) is 4.49. The maximum atomic E-state index is 13.7. The topological polar surface area (TPSA) is 118 Å². The first kappa shape index (κ1) is 25.8. The summed E-state index contributed by atoms with van der Waals surface area (Å²) in [4.78, 5) is 44.1. The van der Waals surface area contributed by atoms with Gasteiger partial charge in [0.15, 0.2) is 23.1 Å². The van der Waals surface area contributed by atoms with E-state index in [4.69, 9.17) is 9.47 Å². The van der Waals surface area contributed by atoms with Gasteiger partial charge in [-0.15, -0.1) is 0 Å². The number of benzodiazepines with no additional fused rings is 1. The molecule has 0 saturated carbocycles. The Labute approximate surface area is 221 Å². The molecule has 2 heterocycles. The van der Waals surface area contributed by atoms with Crippen LogP contribution in [0.3, 0.4) is 0 Å². The Morgan fingerprint density at radius 3 is 2.62 bits per heavy atom. The van der Waals surface area contributed by atoms with Gasteiger partial charge in [-0.2, -0.15) is 0 Å². The fourth-order valence-electron chi connectivity index (χ4n) is 4.49. The van der Waals surface area contributed by atoms with Gasteiger partial charge >= 0.3 is 5.97 Å². The van der Waals surface area contributed by atoms with Crippen molar-refractivity contribution in [2.45, 2.75) is 19.5 Å². The summed E-state index contributed by atoms with van der Waals surface area (Å²) in [5.74, 6) is -4.32. The van der Waals surface area contributed by atoms with Crippen LogP contribution in [0.2, 0.25) is 0 Å². The predicted octanol–water partition coefficient (Wildman–Crippen LogP) is 3.28. The average molecular weight is 536 g/mol. The summed E-state index contributed by atoms with van der Waals surface area (Å²) in [6.45, 7) is 0.974. The number of nitrogens with one attached hydrogen (secondary N) is 1. The summed E-state index contributed by atoms with van der Waals surface area (Å²) in [6.07, 6.45) is -1.39. The lowest BCUT2D eigenvalue weighted by molar-refractivity contribution is -0.137. The zero-order chi connectivity index (χ0) is 27.7. The molecule has 11 heteroatoms. The van der Waals surface area contributed by atoms with E-state index in [9.17, 15) is 28.3 Å². The van der Waals surface area contributed by atoms with Gasteiger partial charge in [0, 0.05) is 17.0 Å². The molecular weight excluding hydrogens is 512 g/mol. The Balaban J connectivity index is 1.51. The number of aliphatic imine (C=N–C) groups is 1. The number of carbonyl (C=O) groups is 3. The second-order valence-electron chi connectivity index (χ2n) is 9.15. The van der Waals surface area contributed by atoms with Crippen LogP contribution in [-0.4, -0.2) is 48.1 Å². The normalized spacial score (nSPS) is 16.7. The van der Waals surface area contributed by atoms with Crippen molar-refractivity contribution < 1.29 is 37.7 Å². The Morgan fingerprint density at radius 2 is 1.85 bits per heavy atom. The van der Waals surface area contributed by atoms with Crippen molar-refractivity contribution in [1.82, 2.24) is 5.32 Å². The molecule has 1 unspecified atom stereocenters. The number of ether oxygens (including phenoxy) is 2. The van der Waals surface area contributed by atoms with E-state index in [-0.39, 0.29) is 13.2 Å². The van der Waals surface area contributed by atoms with Gasteiger partial charge < -0.3 is 19.9 Å². The number of benzene rings is 3. The van der Waals surface area contributed by atoms with Gasteiger partial charge in [0.05, 0.1) is 11.4 Å². The largest absolute Gasteiger partial charge is 0.480 e. The van der Waals surface area contributed by atoms with Crippen LogP contribution < -0.4 is 19.7 Å². The summed E-state index contributed by atoms with van der Waals surface area (Å²) < 4.78 is 37.8. The minimum Gasteiger partial charge on any atom is -0.480 e. The van der Waals surface area contributed by atoms with Crippen molar-refractivity contribution in [3.63, 3.8) is 0 Å². The summed E-state index contributed by atoms with van der Waals surface area (Å²) in [5.41, 5.74) is 2.09. The van der Waals surface area contributed by atoms with Crippen LogP contribution in [0.25, 0.3) is 0 Å². The zero-order valence-corrected chi connectivity index (χ0v) is 20.7. The minimum absolute atomic E-state index is 0.0568. The van der Waals surface area contributed by atoms with E-state index >= 15 is 0 Å². The van der Waals surface area contributed by atoms with Gasteiger partial charge in [-0.25, -0.2) is 13.8 Å². The van der Waals surface area contributed by atoms with Crippen LogP contribution >= 0.6 is 0 Å². The van der Waals surface area contributed by atoms with Crippen molar-refractivity contribution >= 4 is 29.2 Å². The Kier molecular flexibility index (Phi) is 6.97. The molecule has 2 amide bonds. The fraction of sp³-hybridized carbons (Fsp3) is 0.214. The van der Waals surface area contributed by atoms with E-state index in [1.54, 1.807) is 49.4 Å². The molecule has 0 spiro atoms. The van der Waals surface area contributed by atoms with Crippen LogP contribution in [0, 0.1) is 17.6 Å². The molecule has 2 atom stereocenters. The van der Waals surface area contributed by atoms with Crippen LogP contribution in [0.1, 0.15) is 23.6 Å². The minimum atomic E-state index is -1.46. The summed E-state index contributed by atoms with van der Waals surface area (Å²) in [5, 5.41) is 12.2. The average Bonchev–Trinajstić information content (AvgIpc) is 3.35. The highest BCUT2D eigenvalue weighted by molar-refractivity contribution is 6.21. The molecule has 39 heavy (non-hydrogen) atoms. The lowest BCUT2D eigenvalue weighted by Crippen LogP contribution is -2.50. The summed E-state index contributed by atoms with van der Waals surface area (Å²) >= 11 is 0. The number of fused-ring (bicyclic) bond motifs is 2. The van der Waals surface area contributed by atoms with Gasteiger partial charge in [0.2, 0.25) is 18.9 Å². The van der Waals surface area contributed by atoms with Crippen LogP contribution in [0.5, 0.6) is 11.5 Å². The van der Waals surface area contributed by atoms with Crippen LogP contribution in [0.15, 0.2) is 65.7 Å². The van der Waals surface area contributed by atoms with Gasteiger partial charge in [0.1, 0.15) is 6.54 Å². The van der Waals surface area contributed by atoms with E-state index < -0.39 is 48.0 Å². The quantitative estimate of drug-likeness (QED) is 0.480. The number of halogens is 2. The lowest BCUT2D eigenvalue weighted by atomic mass is 9.99. The number of aliphatic carboxylic acids is 1. The third kappa shape index (κ3) is 5.28. The number of nitrogens with zero attached hydrogens (tertiary/aromatic N) is 2. The van der Waals surface area contributed by atoms with E-state index in [1.165, 1.54) is 6.07 Å². The number of carboxylic acid groups (broad SMARTS) is 1. The molecule has 0 saturated heterocycles. The summed E-state index contributed by atoms with van der Waals surface area (Å²) in [6, 6.07) is 15.2. The molecule has 0 fully saturated rings. The van der Waals surface area contributed by atoms with Crippen molar-refractivity contribution in [2.24, 2.45) is 10.9 Å². The van der Waals surface area contributed by atoms with E-state index in [0.717, 1.165) is 17.0 Å². The van der Waals surface area contributed by atoms with Crippen LogP contribution in [-0.2, 0) is 20.8 Å². The smallest absolute Gasteiger partial charge is 0.323 e. The molecule has 0 aromatic heterocycles. The van der Waals surface area contributed by atoms with E-state index in [0.29, 0.717) is 39.6 Å². The Hall–Kier alpha value is -4.80. The molecule has 0 bridgehead atoms. The highest BCUT2D eigenvalue weighted by Crippen LogP contribution is 2.35. The first-order chi connectivity index (χ1) is 18.7. The molecule has 200 valence electrons. The molecule has 2 aliphatic heterocycles. The number of hydrogen-bond acceptors (Lipinski definition) is 6. The highest BCUT2D eigenvalue weighted by Gasteiger charge is 2.35. The maximum absolute atomic E-state index is 13.7. The van der Waals surface area contributed by atoms with Crippen molar-refractivity contribution in [3.05, 3.63) is 89.0 Å². The number of rotatable bonds is 7. The maximum Gasteiger partial charge on any atom is 0.323 e. The molecule has 2 N–H and O–H groups in total. The molecule has 3 aromatic rings. The first-order valence-corrected chi connectivity index (χ1v) is 12.1. The highest BCUT2D eigenvalue weighted by atomic mass is 19.2. The SMILES string of the molecule is C[C@@H](Cc1ccc(F)c(F)c1)C(=O)NC1N=C(c2ccc3c(c2)OCO3)c2ccccc2N(CC(=O)O)C1=O. The van der Waals surface area contributed by atoms with Crippen molar-refractivity contribution in [2.75, 3.05) is 18.2 Å². The molecule has 9 nitrogen and oxygen atoms in total. The van der Waals surface area contributed by atoms with Gasteiger partial charge in [0.25, 0.3) is 5.91 Å². The second kappa shape index (κ2) is 10.5. The Bertz CT molecular complexity index is 1510. The first-order valence-electron chi connectivity index (χ1n) is 12.1. The number of anilines is 1. The number of para-hydroxylation sites is 1. The van der Waals surface area contributed by atoms with Gasteiger partial charge in [-0.3, -0.25) is 19.3 Å². The molecule has 2 aliphatic rings. The molecule has 0 aliphatic carbocycles. The van der Waals surface area contributed by atoms with Gasteiger partial charge in [-0.1, -0.05) is 31.2 Å². The number of carboxylic acids is 1. The van der Waals surface area contributed by atoms with E-state index in [2.05, 4.69) is 10.3 Å². The second-order valence-corrected chi connectivity index (χ2v) is 9.15. The number of amides is 2. The third-order valence-electron chi connectivity index (χ3n) is 6.40. The van der Waals surface area contributed by atoms with Crippen molar-refractivity contribution in [3.8, 4) is 11.5 Å². The Morgan fingerprint density at radius 1 is 1.08 bits per heavy atom. The van der Waals surface area contributed by atoms with Crippen LogP contribution in [0.4, 0.5) is 14.5 Å². The molecule has 0 radical (unpaired) electrons. The van der Waals surface area contributed by atoms with Crippen molar-refractivity contribution in [1.29, 1.82) is 0 Å². The standard InChI is InChI=1S/C28H23F2N3O6/c1-15(10-16-6-8-19(29)20(30)11-16)27(36)32-26-28(37)33(13-24(34)35)21-5-3-2-4-18(21)25(31-26)17-7-9-22-23(12-17)39-14-38-22/h2-9,11-12,15,26H,10,13-14H2,1H3,(H,32,36)(H,34,35)/t15-,26?/m0/s1.